The van der Waals surface area contributed by atoms with Gasteiger partial charge in [-0.05, 0) is 57.1 Å². The van der Waals surface area contributed by atoms with Crippen molar-refractivity contribution >= 4 is 45.0 Å². The molecule has 1 heterocycles. The predicted octanol–water partition coefficient (Wildman–Crippen LogP) is 9.57. The van der Waals surface area contributed by atoms with Crippen molar-refractivity contribution in [2.24, 2.45) is 0 Å². The molecule has 7 aromatic carbocycles. The zero-order valence-electron chi connectivity index (χ0n) is 24.9. The van der Waals surface area contributed by atoms with Crippen molar-refractivity contribution in [1.82, 2.24) is 0 Å². The van der Waals surface area contributed by atoms with E-state index in [1.54, 1.807) is 0 Å². The maximum Gasteiger partial charge on any atom is 0.171 e. The van der Waals surface area contributed by atoms with Crippen molar-refractivity contribution in [3.05, 3.63) is 186 Å². The molecule has 0 bridgehead atoms. The van der Waals surface area contributed by atoms with Gasteiger partial charge in [-0.3, -0.25) is 0 Å². The lowest BCUT2D eigenvalue weighted by atomic mass is 9.70. The van der Waals surface area contributed by atoms with Gasteiger partial charge in [-0.25, -0.2) is 0 Å². The minimum absolute atomic E-state index is 0.423. The van der Waals surface area contributed by atoms with Crippen LogP contribution in [0.3, 0.4) is 0 Å². The maximum absolute atomic E-state index is 15.2. The minimum atomic E-state index is -3.14. The summed E-state index contributed by atoms with van der Waals surface area (Å²) >= 11 is 0. The van der Waals surface area contributed by atoms with Crippen molar-refractivity contribution in [2.45, 2.75) is 5.41 Å². The van der Waals surface area contributed by atoms with Gasteiger partial charge in [0.25, 0.3) is 0 Å². The largest absolute Gasteiger partial charge is 0.455 e. The van der Waals surface area contributed by atoms with Gasteiger partial charge in [-0.1, -0.05) is 146 Å². The first-order chi connectivity index (χ1) is 22.7. The third-order valence-electron chi connectivity index (χ3n) is 10.2. The topological polar surface area (TPSA) is 30.2 Å². The summed E-state index contributed by atoms with van der Waals surface area (Å²) < 4.78 is 22.1. The third-order valence-corrected chi connectivity index (χ3v) is 13.2. The van der Waals surface area contributed by atoms with Crippen molar-refractivity contribution in [1.29, 1.82) is 0 Å². The Bertz CT molecular complexity index is 2470. The molecule has 0 saturated carbocycles. The van der Waals surface area contributed by atoms with Gasteiger partial charge in [0.05, 0.1) is 5.41 Å². The first kappa shape index (κ1) is 25.9. The molecule has 1 aromatic heterocycles. The fraction of sp³-hybridized carbons (Fsp3) is 0.0233. The highest BCUT2D eigenvalue weighted by Gasteiger charge is 2.52. The summed E-state index contributed by atoms with van der Waals surface area (Å²) in [7, 11) is -3.14. The summed E-state index contributed by atoms with van der Waals surface area (Å²) in [5.74, 6) is 0. The average molecular weight is 607 g/mol. The van der Waals surface area contributed by atoms with Crippen LogP contribution in [0.2, 0.25) is 0 Å². The second kappa shape index (κ2) is 9.30. The monoisotopic (exact) mass is 606 g/mol. The highest BCUT2D eigenvalue weighted by molar-refractivity contribution is 7.85. The van der Waals surface area contributed by atoms with E-state index in [9.17, 15) is 0 Å². The number of benzene rings is 7. The van der Waals surface area contributed by atoms with E-state index in [4.69, 9.17) is 4.42 Å². The first-order valence-electron chi connectivity index (χ1n) is 15.7. The SMILES string of the molecule is O=P(c1ccccc1)(c1ccccc1)c1ccc2oc3c4c(ccc3c2c1)C1(c2ccccc2-c2ccccc21)c1ccccc1-4. The molecule has 0 saturated heterocycles. The van der Waals surface area contributed by atoms with Crippen LogP contribution < -0.4 is 15.9 Å². The van der Waals surface area contributed by atoms with E-state index in [2.05, 4.69) is 91.0 Å². The van der Waals surface area contributed by atoms with Crippen LogP contribution >= 0.6 is 7.14 Å². The normalized spacial score (nSPS) is 13.9. The summed E-state index contributed by atoms with van der Waals surface area (Å²) in [5.41, 5.74) is 11.3. The van der Waals surface area contributed by atoms with E-state index in [0.717, 1.165) is 43.4 Å². The Morgan fingerprint density at radius 1 is 0.435 bits per heavy atom. The van der Waals surface area contributed by atoms with Gasteiger partial charge in [-0.2, -0.15) is 0 Å². The molecule has 1 spiro atoms. The summed E-state index contributed by atoms with van der Waals surface area (Å²) in [6, 6.07) is 56.8. The Hall–Kier alpha value is -5.43. The van der Waals surface area contributed by atoms with Gasteiger partial charge in [0, 0.05) is 32.2 Å². The molecule has 8 aromatic rings. The van der Waals surface area contributed by atoms with Crippen LogP contribution in [0.4, 0.5) is 0 Å². The Balaban J connectivity index is 1.27. The quantitative estimate of drug-likeness (QED) is 0.188. The van der Waals surface area contributed by atoms with E-state index in [1.165, 1.54) is 38.9 Å². The molecular weight excluding hydrogens is 579 g/mol. The van der Waals surface area contributed by atoms with Crippen LogP contribution in [-0.4, -0.2) is 0 Å². The fourth-order valence-corrected chi connectivity index (χ4v) is 11.0. The Morgan fingerprint density at radius 2 is 0.957 bits per heavy atom. The Morgan fingerprint density at radius 3 is 1.57 bits per heavy atom. The lowest BCUT2D eigenvalue weighted by Gasteiger charge is -2.30. The van der Waals surface area contributed by atoms with Crippen molar-refractivity contribution in [3.8, 4) is 22.3 Å². The highest BCUT2D eigenvalue weighted by Crippen LogP contribution is 2.64. The summed E-state index contributed by atoms with van der Waals surface area (Å²) in [5, 5.41) is 4.46. The number of hydrogen-bond acceptors (Lipinski definition) is 2. The molecule has 3 heteroatoms. The zero-order valence-corrected chi connectivity index (χ0v) is 25.7. The second-order valence-corrected chi connectivity index (χ2v) is 15.1. The maximum atomic E-state index is 15.2. The van der Waals surface area contributed by atoms with E-state index >= 15 is 4.57 Å². The van der Waals surface area contributed by atoms with Gasteiger partial charge in [0.2, 0.25) is 0 Å². The lowest BCUT2D eigenvalue weighted by molar-refractivity contribution is 0.592. The molecular formula is C43H27O2P. The minimum Gasteiger partial charge on any atom is -0.455 e. The first-order valence-corrected chi connectivity index (χ1v) is 17.4. The highest BCUT2D eigenvalue weighted by atomic mass is 31.2. The van der Waals surface area contributed by atoms with Crippen LogP contribution in [0.1, 0.15) is 22.3 Å². The van der Waals surface area contributed by atoms with Gasteiger partial charge in [0.15, 0.2) is 7.14 Å². The van der Waals surface area contributed by atoms with Crippen LogP contribution in [0.15, 0.2) is 168 Å². The van der Waals surface area contributed by atoms with Gasteiger partial charge in [-0.15, -0.1) is 0 Å². The van der Waals surface area contributed by atoms with Crippen LogP contribution in [-0.2, 0) is 9.98 Å². The standard InChI is InChI=1S/C43H27O2P/c44-46(28-13-3-1-4-14-28,29-15-5-2-6-16-29)30-23-26-40-35(27-30)33-24-25-39-41(42(33)45-40)34-19-9-12-22-38(34)43(39)36-20-10-7-17-31(36)32-18-8-11-21-37(32)43/h1-27H. The third kappa shape index (κ3) is 3.14. The lowest BCUT2D eigenvalue weighted by Crippen LogP contribution is -2.25. The Kier molecular flexibility index (Phi) is 5.23. The smallest absolute Gasteiger partial charge is 0.171 e. The molecule has 2 aliphatic carbocycles. The van der Waals surface area contributed by atoms with E-state index in [1.807, 2.05) is 72.8 Å². The average Bonchev–Trinajstić information content (AvgIpc) is 3.76. The number of fused-ring (bicyclic) bond motifs is 14. The molecule has 216 valence electrons. The summed E-state index contributed by atoms with van der Waals surface area (Å²) in [6.07, 6.45) is 0. The Labute approximate surface area is 267 Å². The van der Waals surface area contributed by atoms with Crippen molar-refractivity contribution < 1.29 is 8.98 Å². The molecule has 0 aliphatic heterocycles. The van der Waals surface area contributed by atoms with E-state index in [-0.39, 0.29) is 0 Å². The molecule has 46 heavy (non-hydrogen) atoms. The predicted molar refractivity (Wildman–Crippen MR) is 189 cm³/mol. The molecule has 2 aliphatic rings. The molecule has 0 atom stereocenters. The van der Waals surface area contributed by atoms with Crippen LogP contribution in [0.5, 0.6) is 0 Å². The molecule has 0 unspecified atom stereocenters. The number of rotatable bonds is 3. The molecule has 0 fully saturated rings. The van der Waals surface area contributed by atoms with Gasteiger partial charge >= 0.3 is 0 Å². The van der Waals surface area contributed by atoms with Crippen LogP contribution in [0.25, 0.3) is 44.2 Å². The molecule has 2 nitrogen and oxygen atoms in total. The van der Waals surface area contributed by atoms with Crippen molar-refractivity contribution in [2.75, 3.05) is 0 Å². The van der Waals surface area contributed by atoms with E-state index in [0.29, 0.717) is 0 Å². The summed E-state index contributed by atoms with van der Waals surface area (Å²) in [6.45, 7) is 0. The molecule has 0 amide bonds. The molecule has 10 rings (SSSR count). The van der Waals surface area contributed by atoms with E-state index < -0.39 is 12.6 Å². The molecule has 0 radical (unpaired) electrons. The zero-order chi connectivity index (χ0) is 30.5. The van der Waals surface area contributed by atoms with Crippen LogP contribution in [0, 0.1) is 0 Å². The fourth-order valence-electron chi connectivity index (χ4n) is 8.32. The second-order valence-electron chi connectivity index (χ2n) is 12.3. The van der Waals surface area contributed by atoms with Gasteiger partial charge < -0.3 is 8.98 Å². The van der Waals surface area contributed by atoms with Gasteiger partial charge in [0.1, 0.15) is 11.2 Å². The number of hydrogen-bond donors (Lipinski definition) is 0. The van der Waals surface area contributed by atoms with Crippen molar-refractivity contribution in [3.63, 3.8) is 0 Å². The molecule has 0 N–H and O–H groups in total. The number of furan rings is 1. The summed E-state index contributed by atoms with van der Waals surface area (Å²) in [4.78, 5) is 0.